The van der Waals surface area contributed by atoms with Gasteiger partial charge in [-0.1, -0.05) is 11.3 Å². The lowest BCUT2D eigenvalue weighted by Gasteiger charge is -2.05. The SMILES string of the molecule is Cc1cc(C(=O)Nc2nnc(C(F)F)s2)c2c(C)nn(C)c2n1. The summed E-state index contributed by atoms with van der Waals surface area (Å²) in [6.07, 6.45) is -2.71. The van der Waals surface area contributed by atoms with Gasteiger partial charge in [-0.3, -0.25) is 14.8 Å². The lowest BCUT2D eigenvalue weighted by Crippen LogP contribution is -2.13. The van der Waals surface area contributed by atoms with Gasteiger partial charge in [0.15, 0.2) is 10.7 Å². The number of hydrogen-bond acceptors (Lipinski definition) is 6. The fourth-order valence-corrected chi connectivity index (χ4v) is 2.88. The second-order valence-corrected chi connectivity index (χ2v) is 5.93. The molecule has 0 aromatic carbocycles. The fraction of sp³-hybridized carbons (Fsp3) is 0.308. The molecule has 3 aromatic rings. The van der Waals surface area contributed by atoms with E-state index in [-0.39, 0.29) is 5.13 Å². The van der Waals surface area contributed by atoms with E-state index in [0.717, 1.165) is 0 Å². The number of carbonyl (C=O) groups excluding carboxylic acids is 1. The van der Waals surface area contributed by atoms with Crippen LogP contribution in [0.3, 0.4) is 0 Å². The first-order chi connectivity index (χ1) is 10.9. The van der Waals surface area contributed by atoms with Crippen LogP contribution in [0.1, 0.15) is 33.2 Å². The highest BCUT2D eigenvalue weighted by atomic mass is 32.1. The molecule has 0 atom stereocenters. The molecule has 0 saturated heterocycles. The third-order valence-electron chi connectivity index (χ3n) is 3.19. The van der Waals surface area contributed by atoms with E-state index in [2.05, 4.69) is 25.6 Å². The van der Waals surface area contributed by atoms with E-state index < -0.39 is 17.3 Å². The van der Waals surface area contributed by atoms with Crippen molar-refractivity contribution in [2.45, 2.75) is 20.3 Å². The Hall–Kier alpha value is -2.49. The van der Waals surface area contributed by atoms with Crippen molar-refractivity contribution in [1.29, 1.82) is 0 Å². The molecule has 0 radical (unpaired) electrons. The molecule has 0 saturated carbocycles. The van der Waals surface area contributed by atoms with Crippen LogP contribution < -0.4 is 5.32 Å². The molecule has 0 aliphatic heterocycles. The summed E-state index contributed by atoms with van der Waals surface area (Å²) in [5, 5.41) is 13.9. The van der Waals surface area contributed by atoms with E-state index in [0.29, 0.717) is 39.3 Å². The average molecular weight is 338 g/mol. The number of halogens is 2. The number of hydrogen-bond donors (Lipinski definition) is 1. The summed E-state index contributed by atoms with van der Waals surface area (Å²) in [4.78, 5) is 16.9. The van der Waals surface area contributed by atoms with Crippen LogP contribution in [-0.2, 0) is 7.05 Å². The molecule has 3 rings (SSSR count). The Kier molecular flexibility index (Phi) is 3.76. The number of alkyl halides is 2. The summed E-state index contributed by atoms with van der Waals surface area (Å²) in [6.45, 7) is 3.54. The number of anilines is 1. The van der Waals surface area contributed by atoms with Crippen LogP contribution in [0.25, 0.3) is 11.0 Å². The third kappa shape index (κ3) is 2.77. The predicted octanol–water partition coefficient (Wildman–Crippen LogP) is 2.63. The van der Waals surface area contributed by atoms with E-state index in [1.54, 1.807) is 31.6 Å². The van der Waals surface area contributed by atoms with E-state index in [4.69, 9.17) is 0 Å². The average Bonchev–Trinajstić information content (AvgIpc) is 3.04. The number of nitrogens with zero attached hydrogens (tertiary/aromatic N) is 5. The number of nitrogens with one attached hydrogen (secondary N) is 1. The number of carbonyl (C=O) groups is 1. The third-order valence-corrected chi connectivity index (χ3v) is 4.04. The van der Waals surface area contributed by atoms with Crippen molar-refractivity contribution in [3.05, 3.63) is 28.0 Å². The molecule has 1 amide bonds. The lowest BCUT2D eigenvalue weighted by molar-refractivity contribution is 0.102. The Morgan fingerprint density at radius 3 is 2.74 bits per heavy atom. The highest BCUT2D eigenvalue weighted by molar-refractivity contribution is 7.15. The Morgan fingerprint density at radius 2 is 2.09 bits per heavy atom. The molecule has 3 heterocycles. The van der Waals surface area contributed by atoms with Crippen molar-refractivity contribution in [3.8, 4) is 0 Å². The van der Waals surface area contributed by atoms with Gasteiger partial charge in [0.25, 0.3) is 12.3 Å². The molecule has 3 aromatic heterocycles. The van der Waals surface area contributed by atoms with Gasteiger partial charge in [-0.25, -0.2) is 13.8 Å². The van der Waals surface area contributed by atoms with Crippen LogP contribution >= 0.6 is 11.3 Å². The van der Waals surface area contributed by atoms with Gasteiger partial charge in [-0.05, 0) is 19.9 Å². The number of pyridine rings is 1. The van der Waals surface area contributed by atoms with Crippen molar-refractivity contribution in [2.24, 2.45) is 7.05 Å². The second kappa shape index (κ2) is 5.61. The van der Waals surface area contributed by atoms with Gasteiger partial charge in [-0.15, -0.1) is 10.2 Å². The molecule has 23 heavy (non-hydrogen) atoms. The summed E-state index contributed by atoms with van der Waals surface area (Å²) < 4.78 is 26.7. The Bertz CT molecular complexity index is 903. The summed E-state index contributed by atoms with van der Waals surface area (Å²) >= 11 is 0.642. The van der Waals surface area contributed by atoms with Gasteiger partial charge in [0, 0.05) is 12.7 Å². The minimum atomic E-state index is -2.71. The lowest BCUT2D eigenvalue weighted by atomic mass is 10.1. The molecule has 0 spiro atoms. The Labute approximate surface area is 133 Å². The first kappa shape index (κ1) is 15.4. The number of rotatable bonds is 3. The van der Waals surface area contributed by atoms with Gasteiger partial charge in [0.2, 0.25) is 5.13 Å². The zero-order valence-electron chi connectivity index (χ0n) is 12.5. The van der Waals surface area contributed by atoms with Crippen LogP contribution in [-0.4, -0.2) is 30.9 Å². The molecule has 0 aliphatic carbocycles. The van der Waals surface area contributed by atoms with Crippen LogP contribution in [0.2, 0.25) is 0 Å². The smallest absolute Gasteiger partial charge is 0.291 e. The summed E-state index contributed by atoms with van der Waals surface area (Å²) in [5.74, 6) is -0.464. The predicted molar refractivity (Wildman–Crippen MR) is 80.8 cm³/mol. The topological polar surface area (TPSA) is 85.6 Å². The molecule has 0 bridgehead atoms. The van der Waals surface area contributed by atoms with E-state index in [9.17, 15) is 13.6 Å². The largest absolute Gasteiger partial charge is 0.296 e. The number of aromatic nitrogens is 5. The fourth-order valence-electron chi connectivity index (χ4n) is 2.29. The van der Waals surface area contributed by atoms with Gasteiger partial charge >= 0.3 is 0 Å². The molecule has 0 unspecified atom stereocenters. The number of aryl methyl sites for hydroxylation is 3. The maximum atomic E-state index is 12.5. The van der Waals surface area contributed by atoms with Gasteiger partial charge in [0.05, 0.1) is 16.6 Å². The van der Waals surface area contributed by atoms with Gasteiger partial charge < -0.3 is 0 Å². The van der Waals surface area contributed by atoms with Crippen molar-refractivity contribution in [3.63, 3.8) is 0 Å². The number of amides is 1. The summed E-state index contributed by atoms with van der Waals surface area (Å²) in [6, 6.07) is 1.63. The zero-order chi connectivity index (χ0) is 16.7. The quantitative estimate of drug-likeness (QED) is 0.793. The van der Waals surface area contributed by atoms with E-state index >= 15 is 0 Å². The van der Waals surface area contributed by atoms with Crippen molar-refractivity contribution < 1.29 is 13.6 Å². The van der Waals surface area contributed by atoms with E-state index in [1.807, 2.05) is 0 Å². The normalized spacial score (nSPS) is 11.4. The minimum absolute atomic E-state index is 0.0226. The van der Waals surface area contributed by atoms with Crippen LogP contribution in [0.4, 0.5) is 13.9 Å². The molecule has 0 fully saturated rings. The molecule has 0 aliphatic rings. The molecular formula is C13H12F2N6OS. The molecule has 10 heteroatoms. The first-order valence-corrected chi connectivity index (χ1v) is 7.42. The van der Waals surface area contributed by atoms with Crippen molar-refractivity contribution in [1.82, 2.24) is 25.0 Å². The minimum Gasteiger partial charge on any atom is -0.296 e. The van der Waals surface area contributed by atoms with Crippen LogP contribution in [0.5, 0.6) is 0 Å². The monoisotopic (exact) mass is 338 g/mol. The van der Waals surface area contributed by atoms with Crippen molar-refractivity contribution in [2.75, 3.05) is 5.32 Å². The first-order valence-electron chi connectivity index (χ1n) is 6.60. The molecular weight excluding hydrogens is 326 g/mol. The van der Waals surface area contributed by atoms with Crippen molar-refractivity contribution >= 4 is 33.4 Å². The highest BCUT2D eigenvalue weighted by Crippen LogP contribution is 2.27. The van der Waals surface area contributed by atoms with Gasteiger partial charge in [-0.2, -0.15) is 5.10 Å². The maximum Gasteiger partial charge on any atom is 0.291 e. The molecule has 120 valence electrons. The van der Waals surface area contributed by atoms with Crippen LogP contribution in [0, 0.1) is 13.8 Å². The summed E-state index contributed by atoms with van der Waals surface area (Å²) in [5.41, 5.74) is 2.26. The highest BCUT2D eigenvalue weighted by Gasteiger charge is 2.20. The standard InChI is InChI=1S/C13H12F2N6OS/c1-5-4-7(8-6(2)20-21(3)10(8)16-5)11(22)17-13-19-18-12(23-13)9(14)15/h4,9H,1-3H3,(H,17,19,22). The van der Waals surface area contributed by atoms with E-state index in [1.165, 1.54) is 0 Å². The van der Waals surface area contributed by atoms with Gasteiger partial charge in [0.1, 0.15) is 0 Å². The Balaban J connectivity index is 2.00. The number of fused-ring (bicyclic) bond motifs is 1. The summed E-state index contributed by atoms with van der Waals surface area (Å²) in [7, 11) is 1.74. The maximum absolute atomic E-state index is 12.5. The molecule has 7 nitrogen and oxygen atoms in total. The zero-order valence-corrected chi connectivity index (χ0v) is 13.3. The molecule has 1 N–H and O–H groups in total. The van der Waals surface area contributed by atoms with Crippen LogP contribution in [0.15, 0.2) is 6.07 Å². The second-order valence-electron chi connectivity index (χ2n) is 4.92. The Morgan fingerprint density at radius 1 is 1.35 bits per heavy atom.